The fourth-order valence-corrected chi connectivity index (χ4v) is 2.39. The van der Waals surface area contributed by atoms with Gasteiger partial charge in [-0.15, -0.1) is 0 Å². The van der Waals surface area contributed by atoms with Crippen LogP contribution in [-0.4, -0.2) is 57.9 Å². The van der Waals surface area contributed by atoms with Crippen molar-refractivity contribution in [2.24, 2.45) is 0 Å². The van der Waals surface area contributed by atoms with E-state index in [0.29, 0.717) is 5.69 Å². The first-order valence-corrected chi connectivity index (χ1v) is 6.45. The van der Waals surface area contributed by atoms with Gasteiger partial charge in [-0.2, -0.15) is 0 Å². The maximum atomic E-state index is 9.95. The molecule has 1 fully saturated rings. The molecule has 0 amide bonds. The molecule has 0 unspecified atom stereocenters. The van der Waals surface area contributed by atoms with Crippen LogP contribution in [0.3, 0.4) is 0 Å². The summed E-state index contributed by atoms with van der Waals surface area (Å²) >= 11 is 11.5. The smallest absolute Gasteiger partial charge is 0.132 e. The van der Waals surface area contributed by atoms with Gasteiger partial charge >= 0.3 is 0 Å². The molecule has 106 valence electrons. The number of anilines is 1. The second-order valence-electron chi connectivity index (χ2n) is 4.29. The molecule has 2 heterocycles. The number of nitrogens with zero attached hydrogens (tertiary/aromatic N) is 1. The number of nitrogens with one attached hydrogen (secondary N) is 1. The average molecular weight is 309 g/mol. The molecule has 0 spiro atoms. The van der Waals surface area contributed by atoms with Gasteiger partial charge in [0.15, 0.2) is 0 Å². The van der Waals surface area contributed by atoms with Crippen LogP contribution in [0.5, 0.6) is 0 Å². The minimum absolute atomic E-state index is 0.140. The normalized spacial score (nSPS) is 31.2. The zero-order chi connectivity index (χ0) is 14.0. The number of ether oxygens (including phenoxy) is 1. The molecule has 4 atom stereocenters. The summed E-state index contributed by atoms with van der Waals surface area (Å²) in [7, 11) is 0. The molecular formula is C11H14Cl2N2O4. The van der Waals surface area contributed by atoms with Crippen molar-refractivity contribution in [2.45, 2.75) is 24.4 Å². The van der Waals surface area contributed by atoms with Crippen molar-refractivity contribution in [3.8, 4) is 0 Å². The third-order valence-electron chi connectivity index (χ3n) is 2.93. The second kappa shape index (κ2) is 6.21. The number of hydrogen-bond acceptors (Lipinski definition) is 6. The lowest BCUT2D eigenvalue weighted by atomic mass is 9.98. The molecule has 1 aromatic rings. The lowest BCUT2D eigenvalue weighted by Crippen LogP contribution is -2.56. The van der Waals surface area contributed by atoms with Gasteiger partial charge in [0.1, 0.15) is 28.6 Å². The van der Waals surface area contributed by atoms with Crippen molar-refractivity contribution in [3.63, 3.8) is 0 Å². The van der Waals surface area contributed by atoms with Crippen LogP contribution < -0.4 is 5.32 Å². The number of pyridine rings is 1. The molecule has 0 aromatic carbocycles. The van der Waals surface area contributed by atoms with E-state index in [4.69, 9.17) is 33.0 Å². The van der Waals surface area contributed by atoms with Crippen molar-refractivity contribution >= 4 is 28.9 Å². The Morgan fingerprint density at radius 3 is 2.47 bits per heavy atom. The summed E-state index contributed by atoms with van der Waals surface area (Å²) < 4.78 is 5.25. The summed E-state index contributed by atoms with van der Waals surface area (Å²) in [5, 5.41) is 32.1. The first kappa shape index (κ1) is 14.8. The molecule has 19 heavy (non-hydrogen) atoms. The lowest BCUT2D eigenvalue weighted by molar-refractivity contribution is -0.152. The molecule has 1 aliphatic heterocycles. The van der Waals surface area contributed by atoms with Gasteiger partial charge in [-0.1, -0.05) is 23.2 Å². The van der Waals surface area contributed by atoms with Gasteiger partial charge in [-0.05, 0) is 12.1 Å². The highest BCUT2D eigenvalue weighted by molar-refractivity contribution is 6.32. The summed E-state index contributed by atoms with van der Waals surface area (Å²) in [6.07, 6.45) is -3.02. The third kappa shape index (κ3) is 3.47. The van der Waals surface area contributed by atoms with E-state index >= 15 is 0 Å². The molecule has 0 saturated carbocycles. The summed E-state index contributed by atoms with van der Waals surface area (Å²) in [4.78, 5) is 3.80. The van der Waals surface area contributed by atoms with E-state index in [2.05, 4.69) is 10.3 Å². The van der Waals surface area contributed by atoms with Crippen LogP contribution in [0.1, 0.15) is 0 Å². The quantitative estimate of drug-likeness (QED) is 0.599. The van der Waals surface area contributed by atoms with E-state index in [1.807, 2.05) is 0 Å². The highest BCUT2D eigenvalue weighted by Crippen LogP contribution is 2.23. The van der Waals surface area contributed by atoms with Crippen molar-refractivity contribution in [2.75, 3.05) is 18.5 Å². The topological polar surface area (TPSA) is 94.8 Å². The van der Waals surface area contributed by atoms with Crippen molar-refractivity contribution in [3.05, 3.63) is 22.4 Å². The molecule has 2 rings (SSSR count). The Morgan fingerprint density at radius 2 is 1.89 bits per heavy atom. The molecule has 8 heteroatoms. The van der Waals surface area contributed by atoms with E-state index in [-0.39, 0.29) is 23.5 Å². The number of hydrogen-bond donors (Lipinski definition) is 4. The minimum atomic E-state index is -1.16. The zero-order valence-electron chi connectivity index (χ0n) is 9.83. The van der Waals surface area contributed by atoms with Gasteiger partial charge in [0.05, 0.1) is 19.3 Å². The number of aliphatic hydroxyl groups excluding tert-OH is 3. The zero-order valence-corrected chi connectivity index (χ0v) is 11.3. The third-order valence-corrected chi connectivity index (χ3v) is 3.32. The Kier molecular flexibility index (Phi) is 4.83. The molecule has 1 aromatic heterocycles. The Morgan fingerprint density at radius 1 is 1.26 bits per heavy atom. The number of aromatic nitrogens is 1. The second-order valence-corrected chi connectivity index (χ2v) is 5.06. The first-order chi connectivity index (χ1) is 9.01. The molecule has 6 nitrogen and oxygen atoms in total. The molecule has 0 aliphatic carbocycles. The van der Waals surface area contributed by atoms with E-state index in [1.165, 1.54) is 0 Å². The maximum absolute atomic E-state index is 9.95. The monoisotopic (exact) mass is 308 g/mol. The van der Waals surface area contributed by atoms with E-state index in [0.717, 1.165) is 0 Å². The summed E-state index contributed by atoms with van der Waals surface area (Å²) in [6.45, 7) is -0.209. The van der Waals surface area contributed by atoms with Gasteiger partial charge in [0, 0.05) is 5.69 Å². The Bertz CT molecular complexity index is 428. The SMILES string of the molecule is OC[C@H]1OC[C@H](Nc2cc(Cl)nc(Cl)c2)[C@@H](O)[C@H]1O. The van der Waals surface area contributed by atoms with Crippen LogP contribution in [-0.2, 0) is 4.74 Å². The predicted molar refractivity (Wildman–Crippen MR) is 70.5 cm³/mol. The molecule has 4 N–H and O–H groups in total. The lowest BCUT2D eigenvalue weighted by Gasteiger charge is -2.37. The maximum Gasteiger partial charge on any atom is 0.132 e. The van der Waals surface area contributed by atoms with Crippen LogP contribution in [0, 0.1) is 0 Å². The van der Waals surface area contributed by atoms with Crippen molar-refractivity contribution in [1.29, 1.82) is 0 Å². The number of aliphatic hydroxyl groups is 3. The fraction of sp³-hybridized carbons (Fsp3) is 0.545. The fourth-order valence-electron chi connectivity index (χ4n) is 1.93. The summed E-state index contributed by atoms with van der Waals surface area (Å²) in [6, 6.07) is 2.56. The van der Waals surface area contributed by atoms with E-state index < -0.39 is 24.4 Å². The average Bonchev–Trinajstić information content (AvgIpc) is 2.34. The van der Waals surface area contributed by atoms with Gasteiger partial charge in [0.25, 0.3) is 0 Å². The molecular weight excluding hydrogens is 295 g/mol. The number of rotatable bonds is 3. The van der Waals surface area contributed by atoms with Crippen LogP contribution in [0.25, 0.3) is 0 Å². The van der Waals surface area contributed by atoms with Crippen LogP contribution >= 0.6 is 23.2 Å². The van der Waals surface area contributed by atoms with Gasteiger partial charge in [-0.25, -0.2) is 4.98 Å². The highest BCUT2D eigenvalue weighted by atomic mass is 35.5. The van der Waals surface area contributed by atoms with Crippen molar-refractivity contribution in [1.82, 2.24) is 4.98 Å². The molecule has 1 saturated heterocycles. The van der Waals surface area contributed by atoms with Crippen LogP contribution in [0.2, 0.25) is 10.3 Å². The number of halogens is 2. The van der Waals surface area contributed by atoms with E-state index in [9.17, 15) is 10.2 Å². The predicted octanol–water partition coefficient (Wildman–Crippen LogP) is 0.282. The van der Waals surface area contributed by atoms with Crippen LogP contribution in [0.4, 0.5) is 5.69 Å². The van der Waals surface area contributed by atoms with E-state index in [1.54, 1.807) is 12.1 Å². The first-order valence-electron chi connectivity index (χ1n) is 5.69. The standard InChI is InChI=1S/C11H14Cl2N2O4/c12-8-1-5(2-9(13)15-8)14-6-4-19-7(3-16)11(18)10(6)17/h1-2,6-7,10-11,16-18H,3-4H2,(H,14,15)/t6-,7+,10+,11-/m0/s1. The van der Waals surface area contributed by atoms with Crippen molar-refractivity contribution < 1.29 is 20.1 Å². The Hall–Kier alpha value is -0.630. The molecule has 0 bridgehead atoms. The summed E-state index contributed by atoms with van der Waals surface area (Å²) in [5.74, 6) is 0. The Labute approximate surface area is 119 Å². The minimum Gasteiger partial charge on any atom is -0.394 e. The summed E-state index contributed by atoms with van der Waals surface area (Å²) in [5.41, 5.74) is 0.562. The highest BCUT2D eigenvalue weighted by Gasteiger charge is 2.38. The molecule has 0 radical (unpaired) electrons. The van der Waals surface area contributed by atoms with Crippen LogP contribution in [0.15, 0.2) is 12.1 Å². The van der Waals surface area contributed by atoms with Gasteiger partial charge < -0.3 is 25.4 Å². The molecule has 1 aliphatic rings. The largest absolute Gasteiger partial charge is 0.394 e. The van der Waals surface area contributed by atoms with Gasteiger partial charge in [-0.3, -0.25) is 0 Å². The van der Waals surface area contributed by atoms with Gasteiger partial charge in [0.2, 0.25) is 0 Å². The Balaban J connectivity index is 2.07.